The summed E-state index contributed by atoms with van der Waals surface area (Å²) in [7, 11) is 1.56. The smallest absolute Gasteiger partial charge is 0.244 e. The van der Waals surface area contributed by atoms with Crippen molar-refractivity contribution in [2.24, 2.45) is 0 Å². The Labute approximate surface area is 136 Å². The van der Waals surface area contributed by atoms with E-state index in [1.807, 2.05) is 19.1 Å². The van der Waals surface area contributed by atoms with Crippen molar-refractivity contribution in [1.82, 2.24) is 4.90 Å². The molecule has 1 saturated heterocycles. The zero-order valence-electron chi connectivity index (χ0n) is 13.9. The van der Waals surface area contributed by atoms with Crippen LogP contribution in [0.15, 0.2) is 18.2 Å². The molecular formula is C17H24N2O4. The van der Waals surface area contributed by atoms with Crippen LogP contribution in [0.5, 0.6) is 5.75 Å². The quantitative estimate of drug-likeness (QED) is 0.870. The van der Waals surface area contributed by atoms with Crippen LogP contribution in [0, 0.1) is 6.92 Å². The normalized spacial score (nSPS) is 16.9. The third-order valence-corrected chi connectivity index (χ3v) is 3.86. The summed E-state index contributed by atoms with van der Waals surface area (Å²) in [6.45, 7) is 4.59. The van der Waals surface area contributed by atoms with Gasteiger partial charge in [0.1, 0.15) is 5.75 Å². The lowest BCUT2D eigenvalue weighted by molar-refractivity contribution is -0.134. The van der Waals surface area contributed by atoms with E-state index in [0.717, 1.165) is 25.0 Å². The number of benzene rings is 1. The molecule has 2 amide bonds. The first-order chi connectivity index (χ1) is 11.0. The van der Waals surface area contributed by atoms with Gasteiger partial charge in [-0.1, -0.05) is 6.07 Å². The van der Waals surface area contributed by atoms with Crippen LogP contribution in [-0.4, -0.2) is 49.6 Å². The Bertz CT molecular complexity index is 568. The third-order valence-electron chi connectivity index (χ3n) is 3.86. The Hall–Kier alpha value is -2.08. The van der Waals surface area contributed by atoms with Crippen molar-refractivity contribution < 1.29 is 19.1 Å². The molecule has 1 unspecified atom stereocenters. The maximum atomic E-state index is 12.3. The standard InChI is InChI=1S/C17H24N2O4/c1-12-6-7-16(22-3)15(9-12)18-17(21)11-19(13(2)20)10-14-5-4-8-23-14/h6-7,9,14H,4-5,8,10-11H2,1-3H3,(H,18,21). The number of amides is 2. The summed E-state index contributed by atoms with van der Waals surface area (Å²) in [6, 6.07) is 5.56. The molecule has 1 heterocycles. The average molecular weight is 320 g/mol. The van der Waals surface area contributed by atoms with Gasteiger partial charge < -0.3 is 19.7 Å². The van der Waals surface area contributed by atoms with Gasteiger partial charge in [0.05, 0.1) is 25.4 Å². The molecule has 0 saturated carbocycles. The molecular weight excluding hydrogens is 296 g/mol. The maximum absolute atomic E-state index is 12.3. The van der Waals surface area contributed by atoms with Crippen molar-refractivity contribution in [1.29, 1.82) is 0 Å². The summed E-state index contributed by atoms with van der Waals surface area (Å²) in [6.07, 6.45) is 1.96. The molecule has 0 aliphatic carbocycles. The maximum Gasteiger partial charge on any atom is 0.244 e. The highest BCUT2D eigenvalue weighted by molar-refractivity contribution is 5.95. The number of hydrogen-bond donors (Lipinski definition) is 1. The summed E-state index contributed by atoms with van der Waals surface area (Å²) < 4.78 is 10.8. The van der Waals surface area contributed by atoms with E-state index in [0.29, 0.717) is 18.0 Å². The lowest BCUT2D eigenvalue weighted by Gasteiger charge is -2.23. The number of carbonyl (C=O) groups is 2. The lowest BCUT2D eigenvalue weighted by Crippen LogP contribution is -2.41. The van der Waals surface area contributed by atoms with Crippen LogP contribution in [0.2, 0.25) is 0 Å². The molecule has 0 spiro atoms. The highest BCUT2D eigenvalue weighted by Crippen LogP contribution is 2.25. The molecule has 23 heavy (non-hydrogen) atoms. The van der Waals surface area contributed by atoms with Crippen LogP contribution in [0.3, 0.4) is 0 Å². The van der Waals surface area contributed by atoms with E-state index in [2.05, 4.69) is 5.32 Å². The van der Waals surface area contributed by atoms with Gasteiger partial charge in [-0.2, -0.15) is 0 Å². The van der Waals surface area contributed by atoms with E-state index in [-0.39, 0.29) is 24.5 Å². The Morgan fingerprint density at radius 2 is 2.22 bits per heavy atom. The summed E-state index contributed by atoms with van der Waals surface area (Å²) in [5, 5.41) is 2.81. The monoisotopic (exact) mass is 320 g/mol. The Morgan fingerprint density at radius 1 is 1.43 bits per heavy atom. The molecule has 1 fully saturated rings. The minimum Gasteiger partial charge on any atom is -0.495 e. The van der Waals surface area contributed by atoms with E-state index >= 15 is 0 Å². The number of rotatable bonds is 6. The second-order valence-corrected chi connectivity index (χ2v) is 5.79. The van der Waals surface area contributed by atoms with Crippen LogP contribution < -0.4 is 10.1 Å². The van der Waals surface area contributed by atoms with Crippen molar-refractivity contribution in [3.63, 3.8) is 0 Å². The second-order valence-electron chi connectivity index (χ2n) is 5.79. The van der Waals surface area contributed by atoms with Gasteiger partial charge in [-0.05, 0) is 37.5 Å². The van der Waals surface area contributed by atoms with Gasteiger partial charge in [0, 0.05) is 20.1 Å². The van der Waals surface area contributed by atoms with Crippen molar-refractivity contribution in [3.8, 4) is 5.75 Å². The summed E-state index contributed by atoms with van der Waals surface area (Å²) in [4.78, 5) is 25.6. The molecule has 1 N–H and O–H groups in total. The van der Waals surface area contributed by atoms with Gasteiger partial charge in [-0.25, -0.2) is 0 Å². The van der Waals surface area contributed by atoms with Crippen LogP contribution >= 0.6 is 0 Å². The highest BCUT2D eigenvalue weighted by Gasteiger charge is 2.22. The molecule has 1 atom stereocenters. The molecule has 0 aromatic heterocycles. The zero-order valence-corrected chi connectivity index (χ0v) is 13.9. The van der Waals surface area contributed by atoms with Crippen LogP contribution in [0.25, 0.3) is 0 Å². The third kappa shape index (κ3) is 4.96. The Morgan fingerprint density at radius 3 is 2.83 bits per heavy atom. The van der Waals surface area contributed by atoms with E-state index in [1.54, 1.807) is 13.2 Å². The first-order valence-electron chi connectivity index (χ1n) is 7.81. The lowest BCUT2D eigenvalue weighted by atomic mass is 10.2. The number of nitrogens with zero attached hydrogens (tertiary/aromatic N) is 1. The number of aryl methyl sites for hydroxylation is 1. The molecule has 1 aromatic rings. The van der Waals surface area contributed by atoms with E-state index in [4.69, 9.17) is 9.47 Å². The van der Waals surface area contributed by atoms with Crippen LogP contribution in [0.4, 0.5) is 5.69 Å². The molecule has 0 bridgehead atoms. The summed E-state index contributed by atoms with van der Waals surface area (Å²) >= 11 is 0. The Kier molecular flexibility index (Phi) is 5.98. The van der Waals surface area contributed by atoms with Gasteiger partial charge in [-0.15, -0.1) is 0 Å². The minimum absolute atomic E-state index is 0.00624. The van der Waals surface area contributed by atoms with Crippen molar-refractivity contribution >= 4 is 17.5 Å². The molecule has 6 heteroatoms. The minimum atomic E-state index is -0.248. The van der Waals surface area contributed by atoms with Crippen molar-refractivity contribution in [2.75, 3.05) is 32.1 Å². The topological polar surface area (TPSA) is 67.9 Å². The SMILES string of the molecule is COc1ccc(C)cc1NC(=O)CN(CC1CCCO1)C(C)=O. The number of hydrogen-bond acceptors (Lipinski definition) is 4. The van der Waals surface area contributed by atoms with Crippen LogP contribution in [0.1, 0.15) is 25.3 Å². The van der Waals surface area contributed by atoms with Crippen molar-refractivity contribution in [2.45, 2.75) is 32.8 Å². The molecule has 1 aliphatic rings. The highest BCUT2D eigenvalue weighted by atomic mass is 16.5. The van der Waals surface area contributed by atoms with Crippen molar-refractivity contribution in [3.05, 3.63) is 23.8 Å². The molecule has 1 aliphatic heterocycles. The van der Waals surface area contributed by atoms with Gasteiger partial charge in [0.25, 0.3) is 0 Å². The molecule has 2 rings (SSSR count). The molecule has 1 aromatic carbocycles. The van der Waals surface area contributed by atoms with E-state index in [9.17, 15) is 9.59 Å². The number of nitrogens with one attached hydrogen (secondary N) is 1. The van der Waals surface area contributed by atoms with Gasteiger partial charge in [-0.3, -0.25) is 9.59 Å². The fraction of sp³-hybridized carbons (Fsp3) is 0.529. The Balaban J connectivity index is 1.98. The number of methoxy groups -OCH3 is 1. The summed E-state index contributed by atoms with van der Waals surface area (Å²) in [5.74, 6) is 0.214. The van der Waals surface area contributed by atoms with Gasteiger partial charge in [0.2, 0.25) is 11.8 Å². The fourth-order valence-corrected chi connectivity index (χ4v) is 2.62. The second kappa shape index (κ2) is 7.97. The zero-order chi connectivity index (χ0) is 16.8. The largest absolute Gasteiger partial charge is 0.495 e. The molecule has 126 valence electrons. The predicted octanol–water partition coefficient (Wildman–Crippen LogP) is 1.97. The van der Waals surface area contributed by atoms with E-state index in [1.165, 1.54) is 11.8 Å². The van der Waals surface area contributed by atoms with Gasteiger partial charge >= 0.3 is 0 Å². The van der Waals surface area contributed by atoms with E-state index < -0.39 is 0 Å². The predicted molar refractivity (Wildman–Crippen MR) is 87.6 cm³/mol. The first-order valence-corrected chi connectivity index (χ1v) is 7.81. The molecule has 6 nitrogen and oxygen atoms in total. The fourth-order valence-electron chi connectivity index (χ4n) is 2.62. The van der Waals surface area contributed by atoms with Crippen LogP contribution in [-0.2, 0) is 14.3 Å². The van der Waals surface area contributed by atoms with Gasteiger partial charge in [0.15, 0.2) is 0 Å². The average Bonchev–Trinajstić information content (AvgIpc) is 2.99. The number of carbonyl (C=O) groups excluding carboxylic acids is 2. The summed E-state index contributed by atoms with van der Waals surface area (Å²) in [5.41, 5.74) is 1.63. The first kappa shape index (κ1) is 17.3. The molecule has 0 radical (unpaired) electrons. The number of ether oxygens (including phenoxy) is 2. The number of anilines is 1.